The molecular formula is C4H11FSi. The summed E-state index contributed by atoms with van der Waals surface area (Å²) in [5.74, 6) is 0. The SMILES string of the molecule is CC(C)[SiH2]CF. The molecule has 0 fully saturated rings. The zero-order chi connectivity index (χ0) is 4.99. The lowest BCUT2D eigenvalue weighted by Crippen LogP contribution is -1.95. The third-order valence-electron chi connectivity index (χ3n) is 0.686. The van der Waals surface area contributed by atoms with Crippen LogP contribution in [0.1, 0.15) is 13.8 Å². The Hall–Kier alpha value is 0.147. The standard InChI is InChI=1S/C4H11FSi/c1-4(2)6-3-5/h4H,3,6H2,1-2H3. The molecule has 0 aromatic rings. The van der Waals surface area contributed by atoms with Gasteiger partial charge in [0.25, 0.3) is 0 Å². The van der Waals surface area contributed by atoms with Crippen molar-refractivity contribution in [3.05, 3.63) is 0 Å². The predicted molar refractivity (Wildman–Crippen MR) is 29.6 cm³/mol. The summed E-state index contributed by atoms with van der Waals surface area (Å²) < 4.78 is 11.3. The van der Waals surface area contributed by atoms with Gasteiger partial charge in [0.2, 0.25) is 0 Å². The molecule has 0 radical (unpaired) electrons. The monoisotopic (exact) mass is 106 g/mol. The van der Waals surface area contributed by atoms with Crippen molar-refractivity contribution in [3.8, 4) is 0 Å². The largest absolute Gasteiger partial charge is 0.256 e. The highest BCUT2D eigenvalue weighted by Crippen LogP contribution is 1.94. The second kappa shape index (κ2) is 3.34. The lowest BCUT2D eigenvalue weighted by Gasteiger charge is -1.92. The highest BCUT2D eigenvalue weighted by atomic mass is 28.2. The van der Waals surface area contributed by atoms with Crippen molar-refractivity contribution < 1.29 is 4.39 Å². The van der Waals surface area contributed by atoms with Gasteiger partial charge in [-0.05, 0) is 0 Å². The number of alkyl halides is 1. The Kier molecular flexibility index (Phi) is 3.42. The molecule has 38 valence electrons. The van der Waals surface area contributed by atoms with E-state index >= 15 is 0 Å². The molecule has 0 aromatic heterocycles. The third kappa shape index (κ3) is 4.15. The molecule has 0 aliphatic heterocycles. The third-order valence-corrected chi connectivity index (χ3v) is 2.06. The van der Waals surface area contributed by atoms with Crippen LogP contribution in [0, 0.1) is 0 Å². The van der Waals surface area contributed by atoms with Crippen LogP contribution in [0.15, 0.2) is 0 Å². The van der Waals surface area contributed by atoms with E-state index in [1.54, 1.807) is 0 Å². The Bertz CT molecular complexity index is 28.7. The van der Waals surface area contributed by atoms with E-state index < -0.39 is 0 Å². The first kappa shape index (κ1) is 6.15. The molecule has 2 heteroatoms. The van der Waals surface area contributed by atoms with Crippen LogP contribution >= 0.6 is 0 Å². The number of hydrogen-bond acceptors (Lipinski definition) is 0. The van der Waals surface area contributed by atoms with Crippen LogP contribution in [0.3, 0.4) is 0 Å². The van der Waals surface area contributed by atoms with E-state index in [-0.39, 0.29) is 15.8 Å². The van der Waals surface area contributed by atoms with E-state index in [9.17, 15) is 4.39 Å². The maximum atomic E-state index is 11.3. The molecular weight excluding hydrogens is 95.1 g/mol. The fraction of sp³-hybridized carbons (Fsp3) is 1.00. The molecule has 0 rings (SSSR count). The fourth-order valence-corrected chi connectivity index (χ4v) is 0.655. The van der Waals surface area contributed by atoms with E-state index in [2.05, 4.69) is 13.8 Å². The van der Waals surface area contributed by atoms with Crippen molar-refractivity contribution in [1.29, 1.82) is 0 Å². The van der Waals surface area contributed by atoms with Crippen LogP contribution in [0.25, 0.3) is 0 Å². The highest BCUT2D eigenvalue weighted by molar-refractivity contribution is 6.36. The number of hydrogen-bond donors (Lipinski definition) is 0. The Labute approximate surface area is 40.6 Å². The van der Waals surface area contributed by atoms with Crippen LogP contribution in [0.2, 0.25) is 5.54 Å². The summed E-state index contributed by atoms with van der Waals surface area (Å²) in [4.78, 5) is 0. The van der Waals surface area contributed by atoms with Crippen molar-refractivity contribution in [1.82, 2.24) is 0 Å². The van der Waals surface area contributed by atoms with Gasteiger partial charge in [-0.2, -0.15) is 0 Å². The van der Waals surface area contributed by atoms with E-state index in [1.165, 1.54) is 0 Å². The summed E-state index contributed by atoms with van der Waals surface area (Å²) in [5.41, 5.74) is 0.662. The van der Waals surface area contributed by atoms with Crippen molar-refractivity contribution in [2.75, 3.05) is 6.30 Å². The molecule has 0 nitrogen and oxygen atoms in total. The molecule has 0 aliphatic rings. The zero-order valence-electron chi connectivity index (χ0n) is 4.37. The lowest BCUT2D eigenvalue weighted by atomic mass is 10.6. The van der Waals surface area contributed by atoms with Gasteiger partial charge in [-0.1, -0.05) is 19.4 Å². The summed E-state index contributed by atoms with van der Waals surface area (Å²) in [6.45, 7) is 4.15. The summed E-state index contributed by atoms with van der Waals surface area (Å²) in [5, 5.41) is 0. The molecule has 0 amide bonds. The van der Waals surface area contributed by atoms with Gasteiger partial charge in [0, 0.05) is 0 Å². The fourth-order valence-electron chi connectivity index (χ4n) is 0.218. The van der Waals surface area contributed by atoms with Crippen LogP contribution in [0.5, 0.6) is 0 Å². The Morgan fingerprint density at radius 2 is 2.17 bits per heavy atom. The van der Waals surface area contributed by atoms with Crippen molar-refractivity contribution in [3.63, 3.8) is 0 Å². The number of halogens is 1. The lowest BCUT2D eigenvalue weighted by molar-refractivity contribution is 0.589. The molecule has 0 heterocycles. The maximum Gasteiger partial charge on any atom is 0.0733 e. The van der Waals surface area contributed by atoms with Crippen LogP contribution in [-0.4, -0.2) is 15.8 Å². The molecule has 0 spiro atoms. The first-order valence-corrected chi connectivity index (χ1v) is 4.15. The molecule has 0 saturated carbocycles. The predicted octanol–water partition coefficient (Wildman–Crippen LogP) is 0.910. The topological polar surface area (TPSA) is 0 Å². The van der Waals surface area contributed by atoms with Gasteiger partial charge in [0.1, 0.15) is 0 Å². The minimum absolute atomic E-state index is 0.0301. The highest BCUT2D eigenvalue weighted by Gasteiger charge is 1.89. The van der Waals surface area contributed by atoms with Crippen molar-refractivity contribution >= 4 is 9.52 Å². The molecule has 0 saturated heterocycles. The first-order chi connectivity index (χ1) is 2.77. The second-order valence-electron chi connectivity index (χ2n) is 1.87. The van der Waals surface area contributed by atoms with Gasteiger partial charge in [-0.15, -0.1) is 0 Å². The summed E-state index contributed by atoms with van der Waals surface area (Å²) >= 11 is 0. The van der Waals surface area contributed by atoms with Crippen LogP contribution < -0.4 is 0 Å². The van der Waals surface area contributed by atoms with Gasteiger partial charge >= 0.3 is 0 Å². The van der Waals surface area contributed by atoms with E-state index in [1.807, 2.05) is 0 Å². The first-order valence-electron chi connectivity index (χ1n) is 2.33. The Balaban J connectivity index is 2.63. The molecule has 0 atom stereocenters. The molecule has 0 aliphatic carbocycles. The summed E-state index contributed by atoms with van der Waals surface area (Å²) in [7, 11) is -0.310. The molecule has 0 unspecified atom stereocenters. The molecule has 6 heavy (non-hydrogen) atoms. The number of rotatable bonds is 2. The normalized spacial score (nSPS) is 12.0. The molecule has 0 aromatic carbocycles. The Morgan fingerprint density at radius 3 is 2.17 bits per heavy atom. The summed E-state index contributed by atoms with van der Waals surface area (Å²) in [6, 6.07) is 0. The second-order valence-corrected chi connectivity index (χ2v) is 4.46. The van der Waals surface area contributed by atoms with E-state index in [4.69, 9.17) is 0 Å². The van der Waals surface area contributed by atoms with Crippen molar-refractivity contribution in [2.24, 2.45) is 0 Å². The van der Waals surface area contributed by atoms with Crippen LogP contribution in [0.4, 0.5) is 4.39 Å². The molecule has 0 N–H and O–H groups in total. The van der Waals surface area contributed by atoms with E-state index in [0.29, 0.717) is 5.54 Å². The average Bonchev–Trinajstić information content (AvgIpc) is 1.35. The Morgan fingerprint density at radius 1 is 1.67 bits per heavy atom. The van der Waals surface area contributed by atoms with E-state index in [0.717, 1.165) is 0 Å². The van der Waals surface area contributed by atoms with Crippen LogP contribution in [-0.2, 0) is 0 Å². The van der Waals surface area contributed by atoms with Gasteiger partial charge < -0.3 is 0 Å². The minimum atomic E-state index is -0.310. The maximum absolute atomic E-state index is 11.3. The van der Waals surface area contributed by atoms with Crippen molar-refractivity contribution in [2.45, 2.75) is 19.4 Å². The van der Waals surface area contributed by atoms with Gasteiger partial charge in [0.15, 0.2) is 0 Å². The van der Waals surface area contributed by atoms with Gasteiger partial charge in [-0.25, -0.2) is 0 Å². The smallest absolute Gasteiger partial charge is 0.0733 e. The summed E-state index contributed by atoms with van der Waals surface area (Å²) in [6.07, 6.45) is -0.0301. The quantitative estimate of drug-likeness (QED) is 0.459. The zero-order valence-corrected chi connectivity index (χ0v) is 5.78. The minimum Gasteiger partial charge on any atom is -0.256 e. The van der Waals surface area contributed by atoms with Gasteiger partial charge in [0.05, 0.1) is 15.8 Å². The average molecular weight is 106 g/mol. The molecule has 0 bridgehead atoms. The van der Waals surface area contributed by atoms with Gasteiger partial charge in [-0.3, -0.25) is 4.39 Å².